The normalized spacial score (nSPS) is 10.6. The molecule has 5 nitrogen and oxygen atoms in total. The number of carboxylic acid groups (broad SMARTS) is 1. The summed E-state index contributed by atoms with van der Waals surface area (Å²) in [6.07, 6.45) is 0. The summed E-state index contributed by atoms with van der Waals surface area (Å²) in [6.45, 7) is -0.603. The first kappa shape index (κ1) is 11.4. The Morgan fingerprint density at radius 2 is 2.06 bits per heavy atom. The number of aromatic nitrogens is 2. The first-order chi connectivity index (χ1) is 7.59. The Morgan fingerprint density at radius 3 is 2.75 bits per heavy atom. The van der Waals surface area contributed by atoms with E-state index in [2.05, 4.69) is 8.75 Å². The van der Waals surface area contributed by atoms with Gasteiger partial charge in [-0.05, 0) is 6.07 Å². The number of carboxylic acids is 1. The zero-order valence-electron chi connectivity index (χ0n) is 7.57. The van der Waals surface area contributed by atoms with Crippen molar-refractivity contribution in [1.29, 1.82) is 0 Å². The van der Waals surface area contributed by atoms with Crippen molar-refractivity contribution in [2.45, 2.75) is 0 Å². The van der Waals surface area contributed by atoms with Crippen molar-refractivity contribution in [2.24, 2.45) is 0 Å². The van der Waals surface area contributed by atoms with Crippen LogP contribution in [0.3, 0.4) is 0 Å². The third-order valence-electron chi connectivity index (χ3n) is 1.73. The summed E-state index contributed by atoms with van der Waals surface area (Å²) in [7, 11) is 0. The van der Waals surface area contributed by atoms with Crippen LogP contribution >= 0.6 is 34.9 Å². The predicted molar refractivity (Wildman–Crippen MR) is 57.9 cm³/mol. The van der Waals surface area contributed by atoms with Crippen LogP contribution in [0, 0.1) is 0 Å². The van der Waals surface area contributed by atoms with Crippen molar-refractivity contribution >= 4 is 51.9 Å². The Bertz CT molecular complexity index is 557. The van der Waals surface area contributed by atoms with Crippen molar-refractivity contribution in [2.75, 3.05) is 6.61 Å². The molecule has 8 heteroatoms. The van der Waals surface area contributed by atoms with Crippen LogP contribution in [-0.2, 0) is 4.79 Å². The fourth-order valence-corrected chi connectivity index (χ4v) is 2.28. The molecule has 0 fully saturated rings. The van der Waals surface area contributed by atoms with Crippen molar-refractivity contribution in [3.63, 3.8) is 0 Å². The first-order valence-corrected chi connectivity index (χ1v) is 5.51. The fraction of sp³-hybridized carbons (Fsp3) is 0.125. The molecule has 0 unspecified atom stereocenters. The van der Waals surface area contributed by atoms with Gasteiger partial charge in [0.2, 0.25) is 0 Å². The van der Waals surface area contributed by atoms with Crippen LogP contribution in [0.4, 0.5) is 0 Å². The molecular weight excluding hydrogens is 275 g/mol. The lowest BCUT2D eigenvalue weighted by atomic mass is 10.3. The van der Waals surface area contributed by atoms with Crippen LogP contribution in [0.2, 0.25) is 10.0 Å². The first-order valence-electron chi connectivity index (χ1n) is 4.02. The molecule has 1 heterocycles. The fourth-order valence-electron chi connectivity index (χ4n) is 1.12. The zero-order valence-corrected chi connectivity index (χ0v) is 9.90. The van der Waals surface area contributed by atoms with Gasteiger partial charge in [0.05, 0.1) is 27.7 Å². The van der Waals surface area contributed by atoms with E-state index in [-0.39, 0.29) is 10.8 Å². The number of hydrogen-bond acceptors (Lipinski definition) is 6. The maximum absolute atomic E-state index is 10.3. The summed E-state index contributed by atoms with van der Waals surface area (Å²) in [4.78, 5) is 10.3. The van der Waals surface area contributed by atoms with Gasteiger partial charge in [-0.2, -0.15) is 8.75 Å². The van der Waals surface area contributed by atoms with Crippen molar-refractivity contribution in [3.8, 4) is 5.75 Å². The number of nitrogens with zero attached hydrogens (tertiary/aromatic N) is 2. The Balaban J connectivity index is 2.50. The monoisotopic (exact) mass is 277 g/mol. The van der Waals surface area contributed by atoms with E-state index < -0.39 is 12.6 Å². The van der Waals surface area contributed by atoms with Crippen molar-refractivity contribution in [3.05, 3.63) is 16.1 Å². The average Bonchev–Trinajstić information content (AvgIpc) is 2.65. The van der Waals surface area contributed by atoms with Crippen LogP contribution in [0.15, 0.2) is 6.07 Å². The predicted octanol–water partition coefficient (Wildman–Crippen LogP) is 1.13. The molecule has 84 valence electrons. The number of halogens is 2. The lowest BCUT2D eigenvalue weighted by molar-refractivity contribution is -0.307. The SMILES string of the molecule is O=C([O-])COc1c(Cl)cc(Cl)c2nsnc12. The van der Waals surface area contributed by atoms with E-state index in [9.17, 15) is 9.90 Å². The Hall–Kier alpha value is -1.11. The highest BCUT2D eigenvalue weighted by Gasteiger charge is 2.15. The molecule has 0 N–H and O–H groups in total. The number of benzene rings is 1. The molecule has 0 saturated heterocycles. The van der Waals surface area contributed by atoms with Crippen molar-refractivity contribution in [1.82, 2.24) is 8.75 Å². The highest BCUT2D eigenvalue weighted by atomic mass is 35.5. The number of carbonyl (C=O) groups is 1. The van der Waals surface area contributed by atoms with Crippen LogP contribution in [0.5, 0.6) is 5.75 Å². The Morgan fingerprint density at radius 1 is 1.38 bits per heavy atom. The van der Waals surface area contributed by atoms with Gasteiger partial charge in [-0.1, -0.05) is 23.2 Å². The molecule has 0 amide bonds. The molecule has 2 rings (SSSR count). The molecule has 0 aliphatic heterocycles. The van der Waals surface area contributed by atoms with Crippen molar-refractivity contribution < 1.29 is 14.6 Å². The molecule has 0 atom stereocenters. The maximum Gasteiger partial charge on any atom is 0.167 e. The molecule has 0 bridgehead atoms. The number of fused-ring (bicyclic) bond motifs is 1. The van der Waals surface area contributed by atoms with Gasteiger partial charge in [-0.15, -0.1) is 0 Å². The molecule has 0 spiro atoms. The van der Waals surface area contributed by atoms with Gasteiger partial charge in [0, 0.05) is 0 Å². The zero-order chi connectivity index (χ0) is 11.7. The molecule has 2 aromatic rings. The van der Waals surface area contributed by atoms with Gasteiger partial charge in [0.25, 0.3) is 0 Å². The summed E-state index contributed by atoms with van der Waals surface area (Å²) in [5.41, 5.74) is 0.785. The highest BCUT2D eigenvalue weighted by Crippen LogP contribution is 2.36. The van der Waals surface area contributed by atoms with Crippen LogP contribution in [-0.4, -0.2) is 21.3 Å². The molecule has 16 heavy (non-hydrogen) atoms. The second kappa shape index (κ2) is 4.40. The van der Waals surface area contributed by atoms with E-state index in [1.54, 1.807) is 0 Å². The third-order valence-corrected chi connectivity index (χ3v) is 2.83. The van der Waals surface area contributed by atoms with Gasteiger partial charge < -0.3 is 14.6 Å². The van der Waals surface area contributed by atoms with Gasteiger partial charge in [0.1, 0.15) is 17.6 Å². The summed E-state index contributed by atoms with van der Waals surface area (Å²) in [5.74, 6) is -1.19. The molecule has 1 aromatic heterocycles. The van der Waals surface area contributed by atoms with Crippen LogP contribution in [0.25, 0.3) is 11.0 Å². The summed E-state index contributed by atoms with van der Waals surface area (Å²) >= 11 is 12.7. The summed E-state index contributed by atoms with van der Waals surface area (Å²) in [5, 5.41) is 10.8. The minimum absolute atomic E-state index is 0.152. The van der Waals surface area contributed by atoms with E-state index >= 15 is 0 Å². The molecular formula is C8H3Cl2N2O3S-. The smallest absolute Gasteiger partial charge is 0.167 e. The largest absolute Gasteiger partial charge is 0.546 e. The van der Waals surface area contributed by atoms with E-state index in [1.807, 2.05) is 0 Å². The van der Waals surface area contributed by atoms with Gasteiger partial charge in [0.15, 0.2) is 5.75 Å². The number of carbonyl (C=O) groups excluding carboxylic acids is 1. The lowest BCUT2D eigenvalue weighted by Gasteiger charge is -2.09. The second-order valence-electron chi connectivity index (χ2n) is 2.79. The van der Waals surface area contributed by atoms with E-state index in [0.717, 1.165) is 11.7 Å². The summed E-state index contributed by atoms with van der Waals surface area (Å²) in [6, 6.07) is 1.43. The topological polar surface area (TPSA) is 75.1 Å². The van der Waals surface area contributed by atoms with Gasteiger partial charge in [-0.25, -0.2) is 0 Å². The maximum atomic E-state index is 10.3. The lowest BCUT2D eigenvalue weighted by Crippen LogP contribution is -2.29. The quantitative estimate of drug-likeness (QED) is 0.841. The van der Waals surface area contributed by atoms with Gasteiger partial charge in [-0.3, -0.25) is 0 Å². The average molecular weight is 278 g/mol. The summed E-state index contributed by atoms with van der Waals surface area (Å²) < 4.78 is 12.9. The van der Waals surface area contributed by atoms with E-state index in [4.69, 9.17) is 27.9 Å². The Labute approximate surface area is 104 Å². The van der Waals surface area contributed by atoms with E-state index in [1.165, 1.54) is 6.07 Å². The molecule has 0 aliphatic carbocycles. The van der Waals surface area contributed by atoms with Gasteiger partial charge >= 0.3 is 0 Å². The molecule has 0 saturated carbocycles. The molecule has 1 aromatic carbocycles. The highest BCUT2D eigenvalue weighted by molar-refractivity contribution is 7.00. The number of rotatable bonds is 3. The minimum Gasteiger partial charge on any atom is -0.546 e. The third kappa shape index (κ3) is 2.04. The molecule has 0 radical (unpaired) electrons. The number of hydrogen-bond donors (Lipinski definition) is 0. The number of ether oxygens (including phenoxy) is 1. The van der Waals surface area contributed by atoms with Crippen LogP contribution in [0.1, 0.15) is 0 Å². The van der Waals surface area contributed by atoms with Crippen LogP contribution < -0.4 is 9.84 Å². The minimum atomic E-state index is -1.35. The number of aliphatic carboxylic acids is 1. The Kier molecular flexibility index (Phi) is 3.13. The van der Waals surface area contributed by atoms with E-state index in [0.29, 0.717) is 16.1 Å². The molecule has 0 aliphatic rings. The second-order valence-corrected chi connectivity index (χ2v) is 4.13. The standard InChI is InChI=1S/C8H4Cl2N2O3S/c9-3-1-4(10)8(15-2-5(13)14)7-6(3)11-16-12-7/h1H,2H2,(H,13,14)/p-1.